The van der Waals surface area contributed by atoms with Crippen LogP contribution in [0.1, 0.15) is 17.0 Å². The van der Waals surface area contributed by atoms with Crippen molar-refractivity contribution in [1.82, 2.24) is 9.97 Å². The van der Waals surface area contributed by atoms with E-state index in [-0.39, 0.29) is 0 Å². The molecule has 72 valence electrons. The molecule has 0 saturated carbocycles. The standard InChI is InChI=1S/C11H12N2S/c1-7-4-5-10(13-9(7)3)11-12-8(2)6-14-11/h4-6H,1-3H3. The topological polar surface area (TPSA) is 25.8 Å². The van der Waals surface area contributed by atoms with Gasteiger partial charge in [-0.25, -0.2) is 4.98 Å². The Bertz CT molecular complexity index is 460. The van der Waals surface area contributed by atoms with Crippen molar-refractivity contribution in [3.63, 3.8) is 0 Å². The third-order valence-electron chi connectivity index (χ3n) is 2.19. The maximum atomic E-state index is 4.50. The number of nitrogens with zero attached hydrogens (tertiary/aromatic N) is 2. The fraction of sp³-hybridized carbons (Fsp3) is 0.273. The minimum atomic E-state index is 0.978. The van der Waals surface area contributed by atoms with Gasteiger partial charge in [-0.15, -0.1) is 11.3 Å². The highest BCUT2D eigenvalue weighted by Crippen LogP contribution is 2.22. The number of aromatic nitrogens is 2. The molecule has 0 aliphatic carbocycles. The molecule has 0 aliphatic heterocycles. The second-order valence-corrected chi connectivity index (χ2v) is 4.25. The van der Waals surface area contributed by atoms with Gasteiger partial charge in [-0.1, -0.05) is 6.07 Å². The Labute approximate surface area is 87.7 Å². The van der Waals surface area contributed by atoms with Gasteiger partial charge in [0.2, 0.25) is 0 Å². The lowest BCUT2D eigenvalue weighted by atomic mass is 10.2. The minimum Gasteiger partial charge on any atom is -0.250 e. The highest BCUT2D eigenvalue weighted by molar-refractivity contribution is 7.13. The molecule has 2 nitrogen and oxygen atoms in total. The van der Waals surface area contributed by atoms with Crippen LogP contribution in [-0.4, -0.2) is 9.97 Å². The summed E-state index contributed by atoms with van der Waals surface area (Å²) in [6.07, 6.45) is 0. The monoisotopic (exact) mass is 204 g/mol. The molecule has 0 aromatic carbocycles. The molecule has 3 heteroatoms. The maximum Gasteiger partial charge on any atom is 0.142 e. The Balaban J connectivity index is 2.47. The van der Waals surface area contributed by atoms with Gasteiger partial charge in [0.25, 0.3) is 0 Å². The summed E-state index contributed by atoms with van der Waals surface area (Å²) in [5.74, 6) is 0. The summed E-state index contributed by atoms with van der Waals surface area (Å²) in [6.45, 7) is 6.10. The molecule has 14 heavy (non-hydrogen) atoms. The van der Waals surface area contributed by atoms with Crippen LogP contribution in [0.5, 0.6) is 0 Å². The molecule has 2 heterocycles. The van der Waals surface area contributed by atoms with Gasteiger partial charge in [0.15, 0.2) is 0 Å². The molecule has 0 fully saturated rings. The summed E-state index contributed by atoms with van der Waals surface area (Å²) in [7, 11) is 0. The largest absolute Gasteiger partial charge is 0.250 e. The summed E-state index contributed by atoms with van der Waals surface area (Å²) >= 11 is 1.64. The molecular weight excluding hydrogens is 192 g/mol. The lowest BCUT2D eigenvalue weighted by molar-refractivity contribution is 1.14. The molecule has 0 N–H and O–H groups in total. The smallest absolute Gasteiger partial charge is 0.142 e. The highest BCUT2D eigenvalue weighted by atomic mass is 32.1. The number of aryl methyl sites for hydroxylation is 3. The van der Waals surface area contributed by atoms with Crippen LogP contribution in [0.3, 0.4) is 0 Å². The fourth-order valence-corrected chi connectivity index (χ4v) is 1.99. The molecule has 0 radical (unpaired) electrons. The number of hydrogen-bond donors (Lipinski definition) is 0. The average Bonchev–Trinajstić information content (AvgIpc) is 2.57. The molecule has 0 spiro atoms. The van der Waals surface area contributed by atoms with Crippen molar-refractivity contribution in [1.29, 1.82) is 0 Å². The van der Waals surface area contributed by atoms with Crippen LogP contribution < -0.4 is 0 Å². The molecule has 0 atom stereocenters. The normalized spacial score (nSPS) is 10.5. The first-order valence-electron chi connectivity index (χ1n) is 4.53. The zero-order valence-electron chi connectivity index (χ0n) is 8.53. The van der Waals surface area contributed by atoms with Crippen LogP contribution in [0, 0.1) is 20.8 Å². The van der Waals surface area contributed by atoms with E-state index in [0.717, 1.165) is 22.1 Å². The van der Waals surface area contributed by atoms with Crippen molar-refractivity contribution in [3.05, 3.63) is 34.5 Å². The molecule has 0 bridgehead atoms. The third kappa shape index (κ3) is 1.68. The van der Waals surface area contributed by atoms with Crippen molar-refractivity contribution >= 4 is 11.3 Å². The minimum absolute atomic E-state index is 0.978. The van der Waals surface area contributed by atoms with E-state index in [9.17, 15) is 0 Å². The summed E-state index contributed by atoms with van der Waals surface area (Å²) in [5.41, 5.74) is 4.34. The van der Waals surface area contributed by atoms with E-state index in [1.54, 1.807) is 11.3 Å². The van der Waals surface area contributed by atoms with Crippen LogP contribution in [0.2, 0.25) is 0 Å². The SMILES string of the molecule is Cc1csc(-c2ccc(C)c(C)n2)n1. The molecule has 0 unspecified atom stereocenters. The van der Waals surface area contributed by atoms with Crippen LogP contribution in [0.15, 0.2) is 17.5 Å². The highest BCUT2D eigenvalue weighted by Gasteiger charge is 2.04. The molecule has 2 rings (SSSR count). The summed E-state index contributed by atoms with van der Waals surface area (Å²) < 4.78 is 0. The Kier molecular flexibility index (Phi) is 2.33. The van der Waals surface area contributed by atoms with Gasteiger partial charge >= 0.3 is 0 Å². The van der Waals surface area contributed by atoms with Gasteiger partial charge < -0.3 is 0 Å². The average molecular weight is 204 g/mol. The molecule has 0 amide bonds. The van der Waals surface area contributed by atoms with E-state index in [1.165, 1.54) is 5.56 Å². The Morgan fingerprint density at radius 1 is 1.07 bits per heavy atom. The second kappa shape index (κ2) is 3.50. The number of thiazole rings is 1. The lowest BCUT2D eigenvalue weighted by Gasteiger charge is -2.00. The van der Waals surface area contributed by atoms with E-state index in [2.05, 4.69) is 23.0 Å². The quantitative estimate of drug-likeness (QED) is 0.713. The molecule has 2 aromatic rings. The van der Waals surface area contributed by atoms with Gasteiger partial charge in [0.05, 0.1) is 5.69 Å². The van der Waals surface area contributed by atoms with Gasteiger partial charge in [-0.05, 0) is 32.4 Å². The Hall–Kier alpha value is -1.22. The van der Waals surface area contributed by atoms with Crippen LogP contribution in [0.4, 0.5) is 0 Å². The first-order valence-corrected chi connectivity index (χ1v) is 5.41. The van der Waals surface area contributed by atoms with Crippen LogP contribution in [-0.2, 0) is 0 Å². The zero-order valence-corrected chi connectivity index (χ0v) is 9.35. The Morgan fingerprint density at radius 2 is 1.86 bits per heavy atom. The van der Waals surface area contributed by atoms with Gasteiger partial charge in [-0.3, -0.25) is 4.98 Å². The summed E-state index contributed by atoms with van der Waals surface area (Å²) in [4.78, 5) is 8.91. The molecule has 0 aliphatic rings. The Morgan fingerprint density at radius 3 is 2.43 bits per heavy atom. The molecule has 0 saturated heterocycles. The first kappa shape index (κ1) is 9.34. The summed E-state index contributed by atoms with van der Waals surface area (Å²) in [6, 6.07) is 4.12. The van der Waals surface area contributed by atoms with Crippen molar-refractivity contribution in [2.75, 3.05) is 0 Å². The zero-order chi connectivity index (χ0) is 10.1. The first-order chi connectivity index (χ1) is 6.66. The van der Waals surface area contributed by atoms with E-state index < -0.39 is 0 Å². The van der Waals surface area contributed by atoms with Crippen molar-refractivity contribution < 1.29 is 0 Å². The number of hydrogen-bond acceptors (Lipinski definition) is 3. The van der Waals surface area contributed by atoms with Crippen LogP contribution >= 0.6 is 11.3 Å². The van der Waals surface area contributed by atoms with Crippen molar-refractivity contribution in [2.45, 2.75) is 20.8 Å². The van der Waals surface area contributed by atoms with E-state index >= 15 is 0 Å². The summed E-state index contributed by atoms with van der Waals surface area (Å²) in [5, 5.41) is 3.05. The van der Waals surface area contributed by atoms with E-state index in [4.69, 9.17) is 0 Å². The van der Waals surface area contributed by atoms with Gasteiger partial charge in [-0.2, -0.15) is 0 Å². The third-order valence-corrected chi connectivity index (χ3v) is 3.17. The fourth-order valence-electron chi connectivity index (χ4n) is 1.22. The van der Waals surface area contributed by atoms with E-state index in [0.29, 0.717) is 0 Å². The molecular formula is C11H12N2S. The predicted octanol–water partition coefficient (Wildman–Crippen LogP) is 3.13. The van der Waals surface area contributed by atoms with Gasteiger partial charge in [0.1, 0.15) is 5.01 Å². The van der Waals surface area contributed by atoms with Crippen molar-refractivity contribution in [3.8, 4) is 10.7 Å². The second-order valence-electron chi connectivity index (χ2n) is 3.39. The predicted molar refractivity (Wildman–Crippen MR) is 59.6 cm³/mol. The van der Waals surface area contributed by atoms with E-state index in [1.807, 2.05) is 25.3 Å². The van der Waals surface area contributed by atoms with Crippen molar-refractivity contribution in [2.24, 2.45) is 0 Å². The number of rotatable bonds is 1. The van der Waals surface area contributed by atoms with Crippen LogP contribution in [0.25, 0.3) is 10.7 Å². The number of pyridine rings is 1. The molecule has 2 aromatic heterocycles. The lowest BCUT2D eigenvalue weighted by Crippen LogP contribution is -1.89. The van der Waals surface area contributed by atoms with Gasteiger partial charge in [0, 0.05) is 16.8 Å². The maximum absolute atomic E-state index is 4.50.